The molecule has 2 N–H and O–H groups in total. The summed E-state index contributed by atoms with van der Waals surface area (Å²) in [5, 5.41) is 9.27. The number of rotatable bonds is 3. The second-order valence-electron chi connectivity index (χ2n) is 5.61. The maximum absolute atomic E-state index is 12.4. The number of aromatic nitrogens is 3. The van der Waals surface area contributed by atoms with Crippen molar-refractivity contribution in [3.63, 3.8) is 0 Å². The van der Waals surface area contributed by atoms with Crippen molar-refractivity contribution in [3.05, 3.63) is 35.4 Å². The van der Waals surface area contributed by atoms with Crippen LogP contribution in [0.25, 0.3) is 0 Å². The fraction of sp³-hybridized carbons (Fsp3) is 0.400. The number of hydrogen-bond donors (Lipinski definition) is 2. The van der Waals surface area contributed by atoms with Crippen LogP contribution in [-0.2, 0) is 11.2 Å². The van der Waals surface area contributed by atoms with Crippen LogP contribution in [0.1, 0.15) is 23.5 Å². The van der Waals surface area contributed by atoms with Gasteiger partial charge in [-0.05, 0) is 35.8 Å². The molecule has 3 unspecified atom stereocenters. The fourth-order valence-electron chi connectivity index (χ4n) is 3.52. The Morgan fingerprint density at radius 2 is 2.29 bits per heavy atom. The molecule has 6 heteroatoms. The zero-order valence-electron chi connectivity index (χ0n) is 11.7. The van der Waals surface area contributed by atoms with E-state index < -0.39 is 0 Å². The van der Waals surface area contributed by atoms with Gasteiger partial charge in [0.15, 0.2) is 0 Å². The maximum atomic E-state index is 12.4. The van der Waals surface area contributed by atoms with Gasteiger partial charge >= 0.3 is 6.01 Å². The van der Waals surface area contributed by atoms with Gasteiger partial charge in [0.25, 0.3) is 0 Å². The number of aryl methyl sites for hydroxylation is 1. The summed E-state index contributed by atoms with van der Waals surface area (Å²) in [5.74, 6) is 1.23. The second kappa shape index (κ2) is 4.58. The normalized spacial score (nSPS) is 25.7. The summed E-state index contributed by atoms with van der Waals surface area (Å²) >= 11 is 0. The molecule has 1 aromatic carbocycles. The summed E-state index contributed by atoms with van der Waals surface area (Å²) in [5.41, 5.74) is 2.72. The van der Waals surface area contributed by atoms with E-state index in [1.54, 1.807) is 0 Å². The number of fused-ring (bicyclic) bond motifs is 3. The second-order valence-corrected chi connectivity index (χ2v) is 5.61. The Labute approximate surface area is 121 Å². The summed E-state index contributed by atoms with van der Waals surface area (Å²) in [7, 11) is 1.49. The molecule has 108 valence electrons. The Balaban J connectivity index is 1.50. The molecule has 6 nitrogen and oxygen atoms in total. The maximum Gasteiger partial charge on any atom is 0.336 e. The monoisotopic (exact) mass is 284 g/mol. The molecule has 0 radical (unpaired) electrons. The highest BCUT2D eigenvalue weighted by Gasteiger charge is 2.57. The van der Waals surface area contributed by atoms with Crippen LogP contribution in [0.5, 0.6) is 6.01 Å². The standard InChI is InChI=1S/C15H16N4O2/c1-21-15-17-14(18-19-15)16-13(20)12-10-7-6-8-4-2-3-5-9(8)11(10)12/h2-5,10-12H,6-7H2,1H3,(H2,16,17,18,19,20). The van der Waals surface area contributed by atoms with Gasteiger partial charge in [-0.15, -0.1) is 5.10 Å². The number of nitrogens with zero attached hydrogens (tertiary/aromatic N) is 2. The number of H-pyrrole nitrogens is 1. The number of carbonyl (C=O) groups is 1. The predicted octanol–water partition coefficient (Wildman–Crippen LogP) is 1.73. The molecule has 0 aliphatic heterocycles. The third-order valence-electron chi connectivity index (χ3n) is 4.52. The van der Waals surface area contributed by atoms with Crippen LogP contribution in [0.2, 0.25) is 0 Å². The quantitative estimate of drug-likeness (QED) is 0.899. The van der Waals surface area contributed by atoms with Crippen molar-refractivity contribution >= 4 is 11.9 Å². The van der Waals surface area contributed by atoms with Crippen molar-refractivity contribution in [1.29, 1.82) is 0 Å². The number of hydrogen-bond acceptors (Lipinski definition) is 4. The van der Waals surface area contributed by atoms with Gasteiger partial charge in [-0.25, -0.2) is 5.10 Å². The number of carbonyl (C=O) groups excluding carboxylic acids is 1. The van der Waals surface area contributed by atoms with E-state index in [1.807, 2.05) is 0 Å². The molecule has 1 saturated carbocycles. The summed E-state index contributed by atoms with van der Waals surface area (Å²) in [6, 6.07) is 8.66. The highest BCUT2D eigenvalue weighted by Crippen LogP contribution is 2.60. The summed E-state index contributed by atoms with van der Waals surface area (Å²) < 4.78 is 4.89. The van der Waals surface area contributed by atoms with Crippen LogP contribution < -0.4 is 10.1 Å². The van der Waals surface area contributed by atoms with E-state index in [-0.39, 0.29) is 17.8 Å². The first kappa shape index (κ1) is 12.4. The lowest BCUT2D eigenvalue weighted by Gasteiger charge is -2.13. The van der Waals surface area contributed by atoms with Crippen LogP contribution in [0.15, 0.2) is 24.3 Å². The molecule has 2 aliphatic rings. The van der Waals surface area contributed by atoms with Gasteiger partial charge in [0.2, 0.25) is 11.9 Å². The molecule has 2 aliphatic carbocycles. The fourth-order valence-corrected chi connectivity index (χ4v) is 3.52. The Kier molecular flexibility index (Phi) is 2.70. The largest absolute Gasteiger partial charge is 0.466 e. The van der Waals surface area contributed by atoms with Crippen molar-refractivity contribution in [2.24, 2.45) is 11.8 Å². The molecule has 0 spiro atoms. The SMILES string of the molecule is COc1n[nH]c(NC(=O)C2C3CCc4ccccc4C32)n1. The molecule has 1 amide bonds. The van der Waals surface area contributed by atoms with Crippen molar-refractivity contribution in [1.82, 2.24) is 15.2 Å². The third kappa shape index (κ3) is 1.98. The van der Waals surface area contributed by atoms with E-state index in [2.05, 4.69) is 44.8 Å². The average molecular weight is 284 g/mol. The Morgan fingerprint density at radius 1 is 1.43 bits per heavy atom. The Hall–Kier alpha value is -2.37. The average Bonchev–Trinajstić information content (AvgIpc) is 3.10. The molecule has 0 saturated heterocycles. The zero-order valence-corrected chi connectivity index (χ0v) is 11.7. The van der Waals surface area contributed by atoms with Crippen LogP contribution in [0.3, 0.4) is 0 Å². The lowest BCUT2D eigenvalue weighted by Crippen LogP contribution is -2.16. The van der Waals surface area contributed by atoms with Crippen LogP contribution in [0.4, 0.5) is 5.95 Å². The van der Waals surface area contributed by atoms with E-state index in [4.69, 9.17) is 4.74 Å². The number of nitrogens with one attached hydrogen (secondary N) is 2. The molecule has 1 fully saturated rings. The minimum absolute atomic E-state index is 0.0144. The van der Waals surface area contributed by atoms with Gasteiger partial charge < -0.3 is 4.74 Å². The Bertz CT molecular complexity index is 696. The van der Waals surface area contributed by atoms with Gasteiger partial charge in [-0.3, -0.25) is 10.1 Å². The minimum Gasteiger partial charge on any atom is -0.466 e. The predicted molar refractivity (Wildman–Crippen MR) is 76.0 cm³/mol. The summed E-state index contributed by atoms with van der Waals surface area (Å²) in [4.78, 5) is 16.4. The van der Waals surface area contributed by atoms with Crippen LogP contribution in [0, 0.1) is 11.8 Å². The van der Waals surface area contributed by atoms with Gasteiger partial charge in [0.1, 0.15) is 0 Å². The van der Waals surface area contributed by atoms with E-state index in [0.29, 0.717) is 17.8 Å². The highest BCUT2D eigenvalue weighted by molar-refractivity contribution is 5.94. The van der Waals surface area contributed by atoms with E-state index in [0.717, 1.165) is 12.8 Å². The van der Waals surface area contributed by atoms with Gasteiger partial charge in [0, 0.05) is 5.92 Å². The molecule has 3 atom stereocenters. The van der Waals surface area contributed by atoms with Crippen molar-refractivity contribution in [2.75, 3.05) is 12.4 Å². The first-order valence-electron chi connectivity index (χ1n) is 7.13. The number of aromatic amines is 1. The van der Waals surface area contributed by atoms with Crippen molar-refractivity contribution in [2.45, 2.75) is 18.8 Å². The van der Waals surface area contributed by atoms with Crippen molar-refractivity contribution < 1.29 is 9.53 Å². The highest BCUT2D eigenvalue weighted by atomic mass is 16.5. The van der Waals surface area contributed by atoms with Gasteiger partial charge in [0.05, 0.1) is 7.11 Å². The zero-order chi connectivity index (χ0) is 14.4. The summed E-state index contributed by atoms with van der Waals surface area (Å²) in [6.07, 6.45) is 2.15. The van der Waals surface area contributed by atoms with E-state index in [1.165, 1.54) is 18.2 Å². The number of ether oxygens (including phenoxy) is 1. The van der Waals surface area contributed by atoms with Crippen molar-refractivity contribution in [3.8, 4) is 6.01 Å². The molecule has 1 aromatic heterocycles. The smallest absolute Gasteiger partial charge is 0.336 e. The van der Waals surface area contributed by atoms with Crippen LogP contribution in [-0.4, -0.2) is 28.2 Å². The molecule has 1 heterocycles. The lowest BCUT2D eigenvalue weighted by molar-refractivity contribution is -0.117. The van der Waals surface area contributed by atoms with E-state index >= 15 is 0 Å². The third-order valence-corrected chi connectivity index (χ3v) is 4.52. The lowest BCUT2D eigenvalue weighted by atomic mass is 9.92. The molecular formula is C15H16N4O2. The number of anilines is 1. The number of methoxy groups -OCH3 is 1. The van der Waals surface area contributed by atoms with Gasteiger partial charge in [-0.1, -0.05) is 24.3 Å². The summed E-state index contributed by atoms with van der Waals surface area (Å²) in [6.45, 7) is 0. The first-order valence-corrected chi connectivity index (χ1v) is 7.13. The van der Waals surface area contributed by atoms with E-state index in [9.17, 15) is 4.79 Å². The van der Waals surface area contributed by atoms with Gasteiger partial charge in [-0.2, -0.15) is 4.98 Å². The number of benzene rings is 1. The molecule has 21 heavy (non-hydrogen) atoms. The number of amides is 1. The van der Waals surface area contributed by atoms with Crippen LogP contribution >= 0.6 is 0 Å². The molecule has 2 aromatic rings. The molecule has 4 rings (SSSR count). The topological polar surface area (TPSA) is 79.9 Å². The molecule has 0 bridgehead atoms. The molecular weight excluding hydrogens is 268 g/mol. The minimum atomic E-state index is 0.0144. The first-order chi connectivity index (χ1) is 10.3. The Morgan fingerprint density at radius 3 is 3.10 bits per heavy atom.